The maximum Gasteiger partial charge on any atom is 0.214 e. The predicted molar refractivity (Wildman–Crippen MR) is 66.9 cm³/mol. The van der Waals surface area contributed by atoms with Gasteiger partial charge in [0.25, 0.3) is 0 Å². The van der Waals surface area contributed by atoms with Gasteiger partial charge in [-0.2, -0.15) is 0 Å². The number of methoxy groups -OCH3 is 1. The molecule has 5 heteroatoms. The normalized spacial score (nSPS) is 14.3. The Bertz CT molecular complexity index is 262. The van der Waals surface area contributed by atoms with E-state index in [4.69, 9.17) is 4.74 Å². The van der Waals surface area contributed by atoms with Crippen LogP contribution in [0.1, 0.15) is 40.0 Å². The van der Waals surface area contributed by atoms with Crippen molar-refractivity contribution < 1.29 is 13.2 Å². The smallest absolute Gasteiger partial charge is 0.214 e. The minimum absolute atomic E-state index is 0.0145. The van der Waals surface area contributed by atoms with Crippen molar-refractivity contribution in [3.05, 3.63) is 0 Å². The van der Waals surface area contributed by atoms with Gasteiger partial charge in [0.1, 0.15) is 0 Å². The molecule has 0 heterocycles. The summed E-state index contributed by atoms with van der Waals surface area (Å²) in [5.74, 6) is 0.718. The quantitative estimate of drug-likeness (QED) is 0.679. The summed E-state index contributed by atoms with van der Waals surface area (Å²) in [7, 11) is -1.67. The molecule has 0 rings (SSSR count). The van der Waals surface area contributed by atoms with Crippen LogP contribution in [0.2, 0.25) is 0 Å². The van der Waals surface area contributed by atoms with Crippen LogP contribution >= 0.6 is 0 Å². The summed E-state index contributed by atoms with van der Waals surface area (Å²) in [4.78, 5) is 0. The van der Waals surface area contributed by atoms with E-state index in [1.165, 1.54) is 7.11 Å². The first-order valence-electron chi connectivity index (χ1n) is 5.86. The van der Waals surface area contributed by atoms with Gasteiger partial charge in [0.2, 0.25) is 10.0 Å². The zero-order chi connectivity index (χ0) is 12.6. The molecule has 0 amide bonds. The highest BCUT2D eigenvalue weighted by Gasteiger charge is 2.13. The molecule has 0 spiro atoms. The van der Waals surface area contributed by atoms with Crippen LogP contribution < -0.4 is 4.72 Å². The molecule has 16 heavy (non-hydrogen) atoms. The molecule has 0 bridgehead atoms. The minimum Gasteiger partial charge on any atom is -0.384 e. The average molecular weight is 251 g/mol. The minimum atomic E-state index is -3.17. The van der Waals surface area contributed by atoms with Crippen molar-refractivity contribution in [2.45, 2.75) is 46.1 Å². The lowest BCUT2D eigenvalue weighted by atomic mass is 10.0. The van der Waals surface area contributed by atoms with E-state index < -0.39 is 10.0 Å². The summed E-state index contributed by atoms with van der Waals surface area (Å²) >= 11 is 0. The SMILES string of the molecule is COCCS(=O)(=O)N[C@@H](C)CCCC(C)C. The van der Waals surface area contributed by atoms with Crippen molar-refractivity contribution in [2.75, 3.05) is 19.5 Å². The van der Waals surface area contributed by atoms with Crippen LogP contribution in [0.3, 0.4) is 0 Å². The highest BCUT2D eigenvalue weighted by Crippen LogP contribution is 2.08. The van der Waals surface area contributed by atoms with E-state index in [2.05, 4.69) is 18.6 Å². The van der Waals surface area contributed by atoms with Crippen LogP contribution in [0.25, 0.3) is 0 Å². The monoisotopic (exact) mass is 251 g/mol. The molecule has 0 aromatic carbocycles. The molecule has 4 nitrogen and oxygen atoms in total. The van der Waals surface area contributed by atoms with Gasteiger partial charge in [-0.3, -0.25) is 0 Å². The molecule has 0 saturated carbocycles. The third kappa shape index (κ3) is 9.12. The van der Waals surface area contributed by atoms with Gasteiger partial charge in [0.05, 0.1) is 12.4 Å². The zero-order valence-electron chi connectivity index (χ0n) is 10.8. The maximum absolute atomic E-state index is 11.5. The van der Waals surface area contributed by atoms with E-state index in [-0.39, 0.29) is 18.4 Å². The molecule has 0 aromatic rings. The Hall–Kier alpha value is -0.130. The Balaban J connectivity index is 3.81. The van der Waals surface area contributed by atoms with Crippen molar-refractivity contribution in [3.63, 3.8) is 0 Å². The Kier molecular flexibility index (Phi) is 7.97. The van der Waals surface area contributed by atoms with Crippen molar-refractivity contribution in [1.82, 2.24) is 4.72 Å². The van der Waals surface area contributed by atoms with Crippen molar-refractivity contribution in [3.8, 4) is 0 Å². The molecule has 0 fully saturated rings. The molecule has 0 aliphatic rings. The fraction of sp³-hybridized carbons (Fsp3) is 1.00. The van der Waals surface area contributed by atoms with Gasteiger partial charge >= 0.3 is 0 Å². The summed E-state index contributed by atoms with van der Waals surface area (Å²) in [5, 5.41) is 0. The van der Waals surface area contributed by atoms with Gasteiger partial charge in [0, 0.05) is 13.2 Å². The van der Waals surface area contributed by atoms with Crippen LogP contribution in [-0.2, 0) is 14.8 Å². The van der Waals surface area contributed by atoms with Gasteiger partial charge in [-0.25, -0.2) is 13.1 Å². The van der Waals surface area contributed by atoms with Crippen LogP contribution in [0.4, 0.5) is 0 Å². The summed E-state index contributed by atoms with van der Waals surface area (Å²) in [6.45, 7) is 6.50. The lowest BCUT2D eigenvalue weighted by Gasteiger charge is -2.14. The molecular weight excluding hydrogens is 226 g/mol. The lowest BCUT2D eigenvalue weighted by molar-refractivity contribution is 0.216. The topological polar surface area (TPSA) is 55.4 Å². The molecular formula is C11H25NO3S. The molecule has 0 aromatic heterocycles. The zero-order valence-corrected chi connectivity index (χ0v) is 11.6. The summed E-state index contributed by atoms with van der Waals surface area (Å²) in [5.41, 5.74) is 0. The molecule has 0 radical (unpaired) electrons. The van der Waals surface area contributed by atoms with Crippen LogP contribution in [0.5, 0.6) is 0 Å². The highest BCUT2D eigenvalue weighted by molar-refractivity contribution is 7.89. The second-order valence-electron chi connectivity index (χ2n) is 4.66. The first-order chi connectivity index (χ1) is 7.37. The molecule has 0 unspecified atom stereocenters. The number of hydrogen-bond donors (Lipinski definition) is 1. The van der Waals surface area contributed by atoms with E-state index in [9.17, 15) is 8.42 Å². The molecule has 0 saturated heterocycles. The van der Waals surface area contributed by atoms with Gasteiger partial charge < -0.3 is 4.74 Å². The van der Waals surface area contributed by atoms with E-state index >= 15 is 0 Å². The Morgan fingerprint density at radius 3 is 2.31 bits per heavy atom. The molecule has 0 aliphatic carbocycles. The average Bonchev–Trinajstić information content (AvgIpc) is 2.13. The van der Waals surface area contributed by atoms with Crippen molar-refractivity contribution in [2.24, 2.45) is 5.92 Å². The molecule has 0 aliphatic heterocycles. The summed E-state index contributed by atoms with van der Waals surface area (Å²) in [6.07, 6.45) is 3.10. The number of sulfonamides is 1. The second-order valence-corrected chi connectivity index (χ2v) is 6.53. The number of ether oxygens (including phenoxy) is 1. The van der Waals surface area contributed by atoms with Gasteiger partial charge in [-0.1, -0.05) is 26.7 Å². The molecule has 1 atom stereocenters. The van der Waals surface area contributed by atoms with E-state index in [0.717, 1.165) is 19.3 Å². The summed E-state index contributed by atoms with van der Waals surface area (Å²) < 4.78 is 30.4. The van der Waals surface area contributed by atoms with Gasteiger partial charge in [-0.15, -0.1) is 0 Å². The third-order valence-electron chi connectivity index (χ3n) is 2.36. The second kappa shape index (κ2) is 8.03. The molecule has 1 N–H and O–H groups in total. The van der Waals surface area contributed by atoms with E-state index in [0.29, 0.717) is 5.92 Å². The third-order valence-corrected chi connectivity index (χ3v) is 3.82. The molecule has 98 valence electrons. The fourth-order valence-electron chi connectivity index (χ4n) is 1.45. The van der Waals surface area contributed by atoms with Crippen molar-refractivity contribution in [1.29, 1.82) is 0 Å². The van der Waals surface area contributed by atoms with E-state index in [1.54, 1.807) is 0 Å². The largest absolute Gasteiger partial charge is 0.384 e. The van der Waals surface area contributed by atoms with E-state index in [1.807, 2.05) is 6.92 Å². The first kappa shape index (κ1) is 15.9. The standard InChI is InChI=1S/C11H25NO3S/c1-10(2)6-5-7-11(3)12-16(13,14)9-8-15-4/h10-12H,5-9H2,1-4H3/t11-/m0/s1. The summed E-state index contributed by atoms with van der Waals surface area (Å²) in [6, 6.07) is 0.0145. The lowest BCUT2D eigenvalue weighted by Crippen LogP contribution is -2.35. The van der Waals surface area contributed by atoms with Gasteiger partial charge in [0.15, 0.2) is 0 Å². The Morgan fingerprint density at radius 2 is 1.81 bits per heavy atom. The number of nitrogens with one attached hydrogen (secondary N) is 1. The van der Waals surface area contributed by atoms with Crippen LogP contribution in [0.15, 0.2) is 0 Å². The Labute approximate surface area is 99.8 Å². The van der Waals surface area contributed by atoms with Crippen molar-refractivity contribution >= 4 is 10.0 Å². The predicted octanol–water partition coefficient (Wildman–Crippen LogP) is 1.77. The Morgan fingerprint density at radius 1 is 1.19 bits per heavy atom. The number of hydrogen-bond acceptors (Lipinski definition) is 3. The maximum atomic E-state index is 11.5. The number of rotatable bonds is 9. The highest BCUT2D eigenvalue weighted by atomic mass is 32.2. The van der Waals surface area contributed by atoms with Crippen LogP contribution in [-0.4, -0.2) is 33.9 Å². The van der Waals surface area contributed by atoms with Gasteiger partial charge in [-0.05, 0) is 19.3 Å². The first-order valence-corrected chi connectivity index (χ1v) is 7.51. The van der Waals surface area contributed by atoms with Crippen LogP contribution in [0, 0.1) is 5.92 Å². The fourth-order valence-corrected chi connectivity index (χ4v) is 2.68.